The van der Waals surface area contributed by atoms with Crippen molar-refractivity contribution >= 4 is 41.2 Å². The van der Waals surface area contributed by atoms with Crippen LogP contribution in [-0.2, 0) is 23.9 Å². The Labute approximate surface area is 304 Å². The number of alkyl halides is 3. The van der Waals surface area contributed by atoms with Gasteiger partial charge in [0.25, 0.3) is 5.91 Å². The van der Waals surface area contributed by atoms with Gasteiger partial charge in [0.05, 0.1) is 17.9 Å². The van der Waals surface area contributed by atoms with Gasteiger partial charge in [-0.15, -0.1) is 0 Å². The molecule has 4 amide bonds. The zero-order valence-electron chi connectivity index (χ0n) is 30.1. The van der Waals surface area contributed by atoms with Crippen molar-refractivity contribution in [2.75, 3.05) is 11.4 Å². The van der Waals surface area contributed by atoms with Crippen molar-refractivity contribution in [3.63, 3.8) is 0 Å². The number of carboxylic acid groups (broad SMARTS) is 1. The second-order valence-electron chi connectivity index (χ2n) is 14.8. The van der Waals surface area contributed by atoms with E-state index in [1.54, 1.807) is 51.1 Å². The summed E-state index contributed by atoms with van der Waals surface area (Å²) in [4.78, 5) is 72.8. The van der Waals surface area contributed by atoms with Crippen LogP contribution in [0, 0.1) is 29.5 Å². The normalized spacial score (nSPS) is 18.5. The number of anilines is 1. The third-order valence-corrected chi connectivity index (χ3v) is 9.31. The number of nitrogens with one attached hydrogen (secondary N) is 2. The summed E-state index contributed by atoms with van der Waals surface area (Å²) in [5.41, 5.74) is 2.19. The molecular formula is C37H45F4N5O7. The Morgan fingerprint density at radius 2 is 1.66 bits per heavy atom. The second-order valence-corrected chi connectivity index (χ2v) is 14.8. The van der Waals surface area contributed by atoms with Gasteiger partial charge in [0.15, 0.2) is 5.54 Å². The Bertz CT molecular complexity index is 1740. The Kier molecular flexibility index (Phi) is 12.2. The van der Waals surface area contributed by atoms with Gasteiger partial charge in [-0.2, -0.15) is 13.2 Å². The van der Waals surface area contributed by atoms with Crippen LogP contribution >= 0.6 is 0 Å². The number of primary amides is 1. The molecule has 2 aliphatic rings. The number of hydrogen-bond acceptors (Lipinski definition) is 7. The highest BCUT2D eigenvalue weighted by molar-refractivity contribution is 6.20. The molecule has 1 saturated carbocycles. The van der Waals surface area contributed by atoms with Gasteiger partial charge in [0, 0.05) is 29.4 Å². The number of halogens is 4. The molecule has 53 heavy (non-hydrogen) atoms. The number of aliphatic imine (C=N–C) groups is 1. The lowest BCUT2D eigenvalue weighted by Crippen LogP contribution is -2.66. The van der Waals surface area contributed by atoms with Crippen LogP contribution in [0.5, 0.6) is 0 Å². The average Bonchev–Trinajstić information content (AvgIpc) is 3.88. The number of aliphatic carboxylic acids is 1. The van der Waals surface area contributed by atoms with Gasteiger partial charge in [-0.3, -0.25) is 14.4 Å². The Morgan fingerprint density at radius 1 is 1.02 bits per heavy atom. The van der Waals surface area contributed by atoms with E-state index < -0.39 is 102 Å². The Hall–Kier alpha value is -5.02. The molecule has 0 saturated heterocycles. The summed E-state index contributed by atoms with van der Waals surface area (Å²) in [7, 11) is 0. The number of benzene rings is 2. The number of rotatable bonds is 14. The summed E-state index contributed by atoms with van der Waals surface area (Å²) < 4.78 is 61.9. The number of benzodiazepines with no additional fused rings is 1. The number of amides is 4. The molecular weight excluding hydrogens is 702 g/mol. The molecule has 1 heterocycles. The molecule has 12 nitrogen and oxygen atoms in total. The van der Waals surface area contributed by atoms with Crippen LogP contribution < -0.4 is 21.3 Å². The maximum atomic E-state index is 16.1. The molecule has 0 aromatic heterocycles. The zero-order chi connectivity index (χ0) is 39.5. The molecule has 16 heteroatoms. The Morgan fingerprint density at radius 3 is 2.19 bits per heavy atom. The molecule has 4 atom stereocenters. The fourth-order valence-corrected chi connectivity index (χ4v) is 6.31. The number of carbonyl (C=O) groups is 5. The lowest BCUT2D eigenvalue weighted by molar-refractivity contribution is -0.148. The summed E-state index contributed by atoms with van der Waals surface area (Å²) in [6.07, 6.45) is -8.56. The number of carboxylic acids is 1. The maximum Gasteiger partial charge on any atom is 0.408 e. The lowest BCUT2D eigenvalue weighted by atomic mass is 9.83. The standard InChI is InChI=1S/C37H45F4N5O7/c1-20(2)36(33(50)51,45-34(52)53-35(3,4)5)19-46-28-24(12-9-13-26(28)38)27(22-10-7-6-8-11-22)43-30(32(46)49)44-31(48)23(16-17-37(39,40)41)25(29(42)47)18-21-14-15-21/h6-13,20-21,23,25,30H,14-19H2,1-5H3,(H2,42,47)(H,44,48)(H,45,52)(H,50,51)/t23-,25-,30+,36+/m1/s1. The number of carbonyl (C=O) groups excluding carboxylic acids is 4. The molecule has 4 rings (SSSR count). The number of hydrogen-bond donors (Lipinski definition) is 4. The first kappa shape index (κ1) is 40.7. The van der Waals surface area contributed by atoms with Crippen LogP contribution in [0.15, 0.2) is 53.5 Å². The van der Waals surface area contributed by atoms with E-state index in [0.717, 1.165) is 11.0 Å². The molecule has 2 aromatic carbocycles. The number of alkyl carbamates (subject to hydrolysis) is 1. The third kappa shape index (κ3) is 10.1. The predicted molar refractivity (Wildman–Crippen MR) is 186 cm³/mol. The zero-order valence-corrected chi connectivity index (χ0v) is 30.1. The minimum Gasteiger partial charge on any atom is -0.479 e. The Balaban J connectivity index is 1.88. The molecule has 0 bridgehead atoms. The molecule has 1 aliphatic carbocycles. The summed E-state index contributed by atoms with van der Waals surface area (Å²) >= 11 is 0. The van der Waals surface area contributed by atoms with Crippen LogP contribution in [0.4, 0.5) is 28.0 Å². The molecule has 0 unspecified atom stereocenters. The summed E-state index contributed by atoms with van der Waals surface area (Å²) in [6.45, 7) is 6.67. The van der Waals surface area contributed by atoms with E-state index in [1.165, 1.54) is 26.0 Å². The van der Waals surface area contributed by atoms with Gasteiger partial charge >= 0.3 is 18.2 Å². The van der Waals surface area contributed by atoms with Gasteiger partial charge in [-0.1, -0.05) is 69.2 Å². The highest BCUT2D eigenvalue weighted by Crippen LogP contribution is 2.40. The van der Waals surface area contributed by atoms with Gasteiger partial charge in [0.1, 0.15) is 11.4 Å². The van der Waals surface area contributed by atoms with E-state index in [0.29, 0.717) is 18.4 Å². The van der Waals surface area contributed by atoms with Crippen LogP contribution in [0.25, 0.3) is 0 Å². The third-order valence-electron chi connectivity index (χ3n) is 9.31. The monoisotopic (exact) mass is 747 g/mol. The van der Waals surface area contributed by atoms with Crippen molar-refractivity contribution < 1.29 is 51.4 Å². The first-order valence-electron chi connectivity index (χ1n) is 17.3. The number of para-hydroxylation sites is 1. The van der Waals surface area contributed by atoms with Crippen molar-refractivity contribution in [1.82, 2.24) is 10.6 Å². The van der Waals surface area contributed by atoms with Crippen LogP contribution in [0.2, 0.25) is 0 Å². The molecule has 2 aromatic rings. The molecule has 0 spiro atoms. The van der Waals surface area contributed by atoms with Crippen molar-refractivity contribution in [1.29, 1.82) is 0 Å². The largest absolute Gasteiger partial charge is 0.479 e. The molecule has 1 fully saturated rings. The van der Waals surface area contributed by atoms with Crippen LogP contribution in [0.1, 0.15) is 77.8 Å². The van der Waals surface area contributed by atoms with Gasteiger partial charge < -0.3 is 31.1 Å². The molecule has 1 aliphatic heterocycles. The van der Waals surface area contributed by atoms with E-state index in [4.69, 9.17) is 10.5 Å². The van der Waals surface area contributed by atoms with Crippen molar-refractivity contribution in [3.8, 4) is 0 Å². The van der Waals surface area contributed by atoms with Crippen molar-refractivity contribution in [3.05, 3.63) is 65.5 Å². The highest BCUT2D eigenvalue weighted by Gasteiger charge is 2.50. The van der Waals surface area contributed by atoms with Crippen LogP contribution in [0.3, 0.4) is 0 Å². The van der Waals surface area contributed by atoms with Crippen molar-refractivity contribution in [2.24, 2.45) is 34.4 Å². The van der Waals surface area contributed by atoms with E-state index in [2.05, 4.69) is 15.6 Å². The first-order chi connectivity index (χ1) is 24.6. The quantitative estimate of drug-likeness (QED) is 0.189. The molecule has 288 valence electrons. The summed E-state index contributed by atoms with van der Waals surface area (Å²) in [5, 5.41) is 15.4. The summed E-state index contributed by atoms with van der Waals surface area (Å²) in [5.74, 6) is -9.74. The number of nitrogens with two attached hydrogens (primary N) is 1. The average molecular weight is 748 g/mol. The fourth-order valence-electron chi connectivity index (χ4n) is 6.31. The first-order valence-corrected chi connectivity index (χ1v) is 17.3. The maximum absolute atomic E-state index is 16.1. The predicted octanol–water partition coefficient (Wildman–Crippen LogP) is 5.32. The van der Waals surface area contributed by atoms with Gasteiger partial charge in [-0.25, -0.2) is 19.0 Å². The highest BCUT2D eigenvalue weighted by atomic mass is 19.4. The van der Waals surface area contributed by atoms with E-state index in [-0.39, 0.29) is 23.6 Å². The second kappa shape index (κ2) is 15.9. The number of fused-ring (bicyclic) bond motifs is 1. The molecule has 5 N–H and O–H groups in total. The number of nitrogens with zero attached hydrogens (tertiary/aromatic N) is 2. The fraction of sp³-hybridized carbons (Fsp3) is 0.514. The van der Waals surface area contributed by atoms with Crippen molar-refractivity contribution in [2.45, 2.75) is 90.2 Å². The topological polar surface area (TPSA) is 180 Å². The smallest absolute Gasteiger partial charge is 0.408 e. The SMILES string of the molecule is CC(C)[C@](CN1C(=O)[C@H](NC(=O)[C@H](CCC(F)(F)F)[C@@H](CC2CC2)C(N)=O)N=C(c2ccccc2)c2cccc(F)c21)(NC(=O)OC(C)(C)C)C(=O)O. The minimum atomic E-state index is -4.69. The lowest BCUT2D eigenvalue weighted by Gasteiger charge is -2.39. The number of ether oxygens (including phenoxy) is 1. The van der Waals surface area contributed by atoms with Gasteiger partial charge in [0.2, 0.25) is 18.0 Å². The molecule has 0 radical (unpaired) electrons. The minimum absolute atomic E-state index is 0.0110. The van der Waals surface area contributed by atoms with Crippen LogP contribution in [-0.4, -0.2) is 70.6 Å². The van der Waals surface area contributed by atoms with E-state index in [9.17, 15) is 42.3 Å². The van der Waals surface area contributed by atoms with E-state index >= 15 is 4.39 Å². The van der Waals surface area contributed by atoms with E-state index in [1.807, 2.05) is 0 Å². The van der Waals surface area contributed by atoms with Gasteiger partial charge in [-0.05, 0) is 51.5 Å². The summed E-state index contributed by atoms with van der Waals surface area (Å²) in [6, 6.07) is 11.9.